The number of methoxy groups -OCH3 is 1. The molecule has 0 saturated carbocycles. The van der Waals surface area contributed by atoms with E-state index in [0.29, 0.717) is 16.9 Å². The molecule has 0 aliphatic carbocycles. The summed E-state index contributed by atoms with van der Waals surface area (Å²) in [6.45, 7) is 0. The average Bonchev–Trinajstić information content (AvgIpc) is 2.55. The second-order valence-corrected chi connectivity index (χ2v) is 4.77. The monoisotopic (exact) mass is 333 g/mol. The van der Waals surface area contributed by atoms with Gasteiger partial charge < -0.3 is 4.74 Å². The van der Waals surface area contributed by atoms with Crippen LogP contribution in [0.2, 0.25) is 5.02 Å². The number of hydrazone groups is 1. The SMILES string of the molecule is COc1ccccc1C(=O)N/N=C/c1ccc(Cl)c([N+](=O)[O-])c1. The number of benzene rings is 2. The minimum Gasteiger partial charge on any atom is -0.496 e. The molecule has 2 aromatic rings. The molecule has 0 atom stereocenters. The topological polar surface area (TPSA) is 93.8 Å². The van der Waals surface area contributed by atoms with Crippen LogP contribution in [0.25, 0.3) is 0 Å². The lowest BCUT2D eigenvalue weighted by molar-refractivity contribution is -0.384. The second kappa shape index (κ2) is 7.37. The first-order chi connectivity index (χ1) is 11.0. The first kappa shape index (κ1) is 16.4. The molecule has 118 valence electrons. The van der Waals surface area contributed by atoms with Crippen molar-refractivity contribution < 1.29 is 14.5 Å². The van der Waals surface area contributed by atoms with E-state index in [1.54, 1.807) is 30.3 Å². The Morgan fingerprint density at radius 1 is 1.35 bits per heavy atom. The van der Waals surface area contributed by atoms with Crippen LogP contribution < -0.4 is 10.2 Å². The minimum atomic E-state index is -0.590. The van der Waals surface area contributed by atoms with Gasteiger partial charge in [-0.05, 0) is 18.2 Å². The van der Waals surface area contributed by atoms with Crippen LogP contribution in [0.1, 0.15) is 15.9 Å². The fourth-order valence-electron chi connectivity index (χ4n) is 1.81. The van der Waals surface area contributed by atoms with E-state index in [4.69, 9.17) is 16.3 Å². The van der Waals surface area contributed by atoms with Crippen molar-refractivity contribution in [3.63, 3.8) is 0 Å². The maximum absolute atomic E-state index is 12.0. The molecule has 2 rings (SSSR count). The van der Waals surface area contributed by atoms with Crippen molar-refractivity contribution in [2.75, 3.05) is 7.11 Å². The molecule has 0 unspecified atom stereocenters. The van der Waals surface area contributed by atoms with Crippen molar-refractivity contribution in [1.29, 1.82) is 0 Å². The summed E-state index contributed by atoms with van der Waals surface area (Å²) in [5.41, 5.74) is 2.86. The molecule has 7 nitrogen and oxygen atoms in total. The summed E-state index contributed by atoms with van der Waals surface area (Å²) in [5, 5.41) is 14.6. The Bertz CT molecular complexity index is 777. The number of nitro groups is 1. The molecule has 0 aromatic heterocycles. The molecule has 23 heavy (non-hydrogen) atoms. The van der Waals surface area contributed by atoms with Crippen LogP contribution in [0.5, 0.6) is 5.75 Å². The number of halogens is 1. The van der Waals surface area contributed by atoms with Gasteiger partial charge in [-0.25, -0.2) is 5.43 Å². The fraction of sp³-hybridized carbons (Fsp3) is 0.0667. The lowest BCUT2D eigenvalue weighted by Gasteiger charge is -2.05. The van der Waals surface area contributed by atoms with E-state index in [1.165, 1.54) is 25.5 Å². The molecular formula is C15H12ClN3O4. The zero-order chi connectivity index (χ0) is 16.8. The van der Waals surface area contributed by atoms with Gasteiger partial charge in [0.2, 0.25) is 0 Å². The summed E-state index contributed by atoms with van der Waals surface area (Å²) in [4.78, 5) is 22.2. The van der Waals surface area contributed by atoms with Gasteiger partial charge in [-0.3, -0.25) is 14.9 Å². The summed E-state index contributed by atoms with van der Waals surface area (Å²) in [6.07, 6.45) is 1.29. The number of nitrogens with zero attached hydrogens (tertiary/aromatic N) is 2. The molecule has 0 bridgehead atoms. The Labute approximate surface area is 136 Å². The van der Waals surface area contributed by atoms with Gasteiger partial charge in [0.1, 0.15) is 10.8 Å². The molecule has 0 radical (unpaired) electrons. The van der Waals surface area contributed by atoms with Crippen LogP contribution in [-0.4, -0.2) is 24.2 Å². The van der Waals surface area contributed by atoms with E-state index >= 15 is 0 Å². The van der Waals surface area contributed by atoms with Gasteiger partial charge in [0.25, 0.3) is 11.6 Å². The number of hydrogen-bond acceptors (Lipinski definition) is 5. The van der Waals surface area contributed by atoms with Gasteiger partial charge in [-0.2, -0.15) is 5.10 Å². The Hall–Kier alpha value is -2.93. The number of nitro benzene ring substituents is 1. The van der Waals surface area contributed by atoms with Crippen molar-refractivity contribution in [1.82, 2.24) is 5.43 Å². The van der Waals surface area contributed by atoms with Crippen molar-refractivity contribution in [2.45, 2.75) is 0 Å². The predicted octanol–water partition coefficient (Wildman–Crippen LogP) is 3.02. The number of nitrogens with one attached hydrogen (secondary N) is 1. The van der Waals surface area contributed by atoms with Crippen LogP contribution in [-0.2, 0) is 0 Å². The maximum atomic E-state index is 12.0. The normalized spacial score (nSPS) is 10.5. The van der Waals surface area contributed by atoms with Crippen LogP contribution in [0.15, 0.2) is 47.6 Å². The zero-order valence-corrected chi connectivity index (χ0v) is 12.8. The molecule has 2 aromatic carbocycles. The van der Waals surface area contributed by atoms with Crippen molar-refractivity contribution in [2.24, 2.45) is 5.10 Å². The number of hydrogen-bond donors (Lipinski definition) is 1. The Morgan fingerprint density at radius 2 is 2.09 bits per heavy atom. The van der Waals surface area contributed by atoms with Crippen molar-refractivity contribution >= 4 is 29.4 Å². The third-order valence-electron chi connectivity index (χ3n) is 2.90. The van der Waals surface area contributed by atoms with Crippen LogP contribution >= 0.6 is 11.6 Å². The highest BCUT2D eigenvalue weighted by atomic mass is 35.5. The van der Waals surface area contributed by atoms with Crippen LogP contribution in [0.4, 0.5) is 5.69 Å². The predicted molar refractivity (Wildman–Crippen MR) is 86.2 cm³/mol. The molecule has 1 N–H and O–H groups in total. The largest absolute Gasteiger partial charge is 0.496 e. The zero-order valence-electron chi connectivity index (χ0n) is 12.0. The molecule has 0 aliphatic heterocycles. The quantitative estimate of drug-likeness (QED) is 0.517. The maximum Gasteiger partial charge on any atom is 0.288 e. The Morgan fingerprint density at radius 3 is 2.78 bits per heavy atom. The second-order valence-electron chi connectivity index (χ2n) is 4.37. The van der Waals surface area contributed by atoms with Gasteiger partial charge in [-0.1, -0.05) is 29.8 Å². The number of carbonyl (C=O) groups excluding carboxylic acids is 1. The highest BCUT2D eigenvalue weighted by molar-refractivity contribution is 6.32. The third-order valence-corrected chi connectivity index (χ3v) is 3.22. The molecule has 0 heterocycles. The Balaban J connectivity index is 2.11. The standard InChI is InChI=1S/C15H12ClN3O4/c1-23-14-5-3-2-4-11(14)15(20)18-17-9-10-6-7-12(16)13(8-10)19(21)22/h2-9H,1H3,(H,18,20)/b17-9+. The minimum absolute atomic E-state index is 0.0326. The average molecular weight is 334 g/mol. The summed E-state index contributed by atoms with van der Waals surface area (Å²) in [6, 6.07) is 10.9. The van der Waals surface area contributed by atoms with E-state index in [0.717, 1.165) is 0 Å². The molecule has 0 fully saturated rings. The number of rotatable bonds is 5. The van der Waals surface area contributed by atoms with Crippen molar-refractivity contribution in [3.05, 3.63) is 68.7 Å². The molecule has 0 saturated heterocycles. The van der Waals surface area contributed by atoms with Crippen LogP contribution in [0, 0.1) is 10.1 Å². The number of amides is 1. The Kier molecular flexibility index (Phi) is 5.27. The molecule has 0 spiro atoms. The third kappa shape index (κ3) is 4.04. The van der Waals surface area contributed by atoms with Gasteiger partial charge in [0.15, 0.2) is 0 Å². The molecular weight excluding hydrogens is 322 g/mol. The first-order valence-electron chi connectivity index (χ1n) is 6.43. The number of ether oxygens (including phenoxy) is 1. The summed E-state index contributed by atoms with van der Waals surface area (Å²) < 4.78 is 5.08. The number of carbonyl (C=O) groups is 1. The van der Waals surface area contributed by atoms with E-state index in [2.05, 4.69) is 10.5 Å². The lowest BCUT2D eigenvalue weighted by atomic mass is 10.2. The van der Waals surface area contributed by atoms with Crippen molar-refractivity contribution in [3.8, 4) is 5.75 Å². The summed E-state index contributed by atoms with van der Waals surface area (Å²) >= 11 is 5.72. The molecule has 8 heteroatoms. The smallest absolute Gasteiger partial charge is 0.288 e. The van der Waals surface area contributed by atoms with E-state index in [1.807, 2.05) is 0 Å². The number of para-hydroxylation sites is 1. The first-order valence-corrected chi connectivity index (χ1v) is 6.81. The van der Waals surface area contributed by atoms with E-state index < -0.39 is 10.8 Å². The van der Waals surface area contributed by atoms with Crippen LogP contribution in [0.3, 0.4) is 0 Å². The van der Waals surface area contributed by atoms with Gasteiger partial charge in [-0.15, -0.1) is 0 Å². The summed E-state index contributed by atoms with van der Waals surface area (Å²) in [7, 11) is 1.46. The highest BCUT2D eigenvalue weighted by Gasteiger charge is 2.12. The molecule has 1 amide bonds. The summed E-state index contributed by atoms with van der Waals surface area (Å²) in [5.74, 6) is -0.0375. The molecule has 0 aliphatic rings. The van der Waals surface area contributed by atoms with E-state index in [-0.39, 0.29) is 10.7 Å². The van der Waals surface area contributed by atoms with Gasteiger partial charge >= 0.3 is 0 Å². The van der Waals surface area contributed by atoms with Gasteiger partial charge in [0.05, 0.1) is 23.8 Å². The van der Waals surface area contributed by atoms with Gasteiger partial charge in [0, 0.05) is 11.6 Å². The fourth-order valence-corrected chi connectivity index (χ4v) is 1.99. The van der Waals surface area contributed by atoms with E-state index in [9.17, 15) is 14.9 Å². The lowest BCUT2D eigenvalue weighted by Crippen LogP contribution is -2.18. The highest BCUT2D eigenvalue weighted by Crippen LogP contribution is 2.24.